The van der Waals surface area contributed by atoms with Gasteiger partial charge < -0.3 is 0 Å². The second-order valence-electron chi connectivity index (χ2n) is 2.60. The molecule has 42 valence electrons. The van der Waals surface area contributed by atoms with Gasteiger partial charge in [0.25, 0.3) is 12.1 Å². The van der Waals surface area contributed by atoms with Gasteiger partial charge in [-0.1, -0.05) is 4.85 Å². The Kier molecular flexibility index (Phi) is 0.671. The summed E-state index contributed by atoms with van der Waals surface area (Å²) >= 11 is 0. The number of nitrogens with zero attached hydrogens (tertiary/aromatic N) is 2. The maximum Gasteiger partial charge on any atom is 0.292 e. The lowest BCUT2D eigenvalue weighted by Gasteiger charge is -2.06. The third-order valence-corrected chi connectivity index (χ3v) is 1.93. The number of likely N-dealkylation sites (tertiary alicyclic amines) is 1. The van der Waals surface area contributed by atoms with Gasteiger partial charge in [-0.2, -0.15) is 0 Å². The van der Waals surface area contributed by atoms with E-state index >= 15 is 0 Å². The highest BCUT2D eigenvalue weighted by Crippen LogP contribution is 2.22. The molecule has 0 N–H and O–H groups in total. The van der Waals surface area contributed by atoms with Crippen LogP contribution in [0.3, 0.4) is 0 Å². The van der Waals surface area contributed by atoms with Crippen molar-refractivity contribution in [2.45, 2.75) is 18.5 Å². The van der Waals surface area contributed by atoms with Crippen LogP contribution in [0.25, 0.3) is 4.85 Å². The number of hydrogen-bond acceptors (Lipinski definition) is 1. The highest BCUT2D eigenvalue weighted by molar-refractivity contribution is 5.17. The van der Waals surface area contributed by atoms with Crippen molar-refractivity contribution in [1.82, 2.24) is 4.90 Å². The Labute approximate surface area is 48.9 Å². The van der Waals surface area contributed by atoms with Crippen LogP contribution in [0.1, 0.15) is 6.42 Å². The minimum Gasteiger partial charge on any atom is -0.280 e. The normalized spacial score (nSPS) is 42.1. The monoisotopic (exact) mass is 109 g/mol. The van der Waals surface area contributed by atoms with Gasteiger partial charge in [0.2, 0.25) is 0 Å². The van der Waals surface area contributed by atoms with Crippen molar-refractivity contribution in [3.63, 3.8) is 0 Å². The Balaban J connectivity index is 2.27. The maximum atomic E-state index is 4.16. The molecule has 0 unspecified atom stereocenters. The van der Waals surface area contributed by atoms with E-state index in [1.54, 1.807) is 0 Å². The van der Waals surface area contributed by atoms with Gasteiger partial charge in [-0.15, -0.1) is 0 Å². The van der Waals surface area contributed by atoms with Crippen LogP contribution in [-0.2, 0) is 0 Å². The molecule has 1 fully saturated rings. The summed E-state index contributed by atoms with van der Waals surface area (Å²) < 4.78 is 0. The fraction of sp³-hybridized carbons (Fsp3) is 0.833. The number of fused-ring (bicyclic) bond motifs is 2. The topological polar surface area (TPSA) is 7.60 Å². The zero-order valence-corrected chi connectivity index (χ0v) is 4.96. The van der Waals surface area contributed by atoms with E-state index in [9.17, 15) is 0 Å². The van der Waals surface area contributed by atoms with Gasteiger partial charge in [-0.3, -0.25) is 4.90 Å². The van der Waals surface area contributed by atoms with Crippen LogP contribution >= 0.6 is 0 Å². The average Bonchev–Trinajstić information content (AvgIpc) is 2.23. The number of hydrogen-bond donors (Lipinski definition) is 0. The van der Waals surface area contributed by atoms with Crippen LogP contribution in [-0.4, -0.2) is 30.6 Å². The van der Waals surface area contributed by atoms with Gasteiger partial charge in [0.15, 0.2) is 6.04 Å². The quantitative estimate of drug-likeness (QED) is 0.437. The third kappa shape index (κ3) is 0.399. The Morgan fingerprint density at radius 3 is 2.88 bits per heavy atom. The highest BCUT2D eigenvalue weighted by Gasteiger charge is 2.42. The predicted molar refractivity (Wildman–Crippen MR) is 32.1 cm³/mol. The van der Waals surface area contributed by atoms with E-state index in [0.717, 1.165) is 6.54 Å². The lowest BCUT2D eigenvalue weighted by atomic mass is 10.2. The van der Waals surface area contributed by atoms with Crippen LogP contribution in [0.5, 0.6) is 0 Å². The first-order valence-electron chi connectivity index (χ1n) is 3.02. The molecule has 0 aromatic rings. The standard InChI is InChI=1S/C6H9N2/c1-8-4-5-2-6(8)3-7-5/h5-6H,2,4H2,1H3/q+1/t5-,6-/m0/s1. The van der Waals surface area contributed by atoms with Crippen LogP contribution in [0.4, 0.5) is 0 Å². The van der Waals surface area contributed by atoms with E-state index in [1.165, 1.54) is 6.42 Å². The second-order valence-corrected chi connectivity index (χ2v) is 2.60. The molecule has 2 nitrogen and oxygen atoms in total. The molecule has 2 heteroatoms. The molecular formula is C6H9N2+. The van der Waals surface area contributed by atoms with Crippen molar-refractivity contribution in [1.29, 1.82) is 0 Å². The van der Waals surface area contributed by atoms with E-state index in [-0.39, 0.29) is 0 Å². The number of likely N-dealkylation sites (N-methyl/N-ethyl adjacent to an activating group) is 1. The molecule has 0 amide bonds. The van der Waals surface area contributed by atoms with E-state index in [2.05, 4.69) is 22.9 Å². The molecule has 8 heavy (non-hydrogen) atoms. The Morgan fingerprint density at radius 2 is 2.62 bits per heavy atom. The number of rotatable bonds is 0. The second kappa shape index (κ2) is 1.24. The van der Waals surface area contributed by atoms with Crippen molar-refractivity contribution in [3.05, 3.63) is 4.85 Å². The summed E-state index contributed by atoms with van der Waals surface area (Å²) in [5, 5.41) is 0. The van der Waals surface area contributed by atoms with Gasteiger partial charge in [0.05, 0.1) is 13.0 Å². The molecule has 2 rings (SSSR count). The fourth-order valence-electron chi connectivity index (χ4n) is 1.41. The summed E-state index contributed by atoms with van der Waals surface area (Å²) in [6.45, 7) is 1.15. The first kappa shape index (κ1) is 4.34. The molecular weight excluding hydrogens is 100 g/mol. The van der Waals surface area contributed by atoms with Gasteiger partial charge in [-0.05, 0) is 7.05 Å². The van der Waals surface area contributed by atoms with Crippen molar-refractivity contribution >= 4 is 0 Å². The summed E-state index contributed by atoms with van der Waals surface area (Å²) in [5.74, 6) is 0. The highest BCUT2D eigenvalue weighted by atomic mass is 15.2. The van der Waals surface area contributed by atoms with E-state index in [4.69, 9.17) is 0 Å². The molecule has 0 aromatic carbocycles. The van der Waals surface area contributed by atoms with E-state index in [0.29, 0.717) is 12.1 Å². The van der Waals surface area contributed by atoms with Crippen LogP contribution in [0.2, 0.25) is 0 Å². The Bertz CT molecular complexity index is 165. The summed E-state index contributed by atoms with van der Waals surface area (Å²) in [6, 6.07) is 4.20. The maximum absolute atomic E-state index is 4.16. The van der Waals surface area contributed by atoms with Crippen LogP contribution in [0.15, 0.2) is 0 Å². The van der Waals surface area contributed by atoms with Crippen molar-refractivity contribution in [3.8, 4) is 6.07 Å². The van der Waals surface area contributed by atoms with Gasteiger partial charge >= 0.3 is 0 Å². The first-order valence-corrected chi connectivity index (χ1v) is 3.02. The molecule has 2 atom stereocenters. The first-order chi connectivity index (χ1) is 3.86. The zero-order chi connectivity index (χ0) is 5.56. The molecule has 0 radical (unpaired) electrons. The van der Waals surface area contributed by atoms with Crippen molar-refractivity contribution in [2.24, 2.45) is 0 Å². The summed E-state index contributed by atoms with van der Waals surface area (Å²) in [4.78, 5) is 6.47. The molecule has 0 aromatic heterocycles. The fourth-order valence-corrected chi connectivity index (χ4v) is 1.41. The van der Waals surface area contributed by atoms with Crippen molar-refractivity contribution in [2.75, 3.05) is 13.6 Å². The minimum absolute atomic E-state index is 0.556. The summed E-state index contributed by atoms with van der Waals surface area (Å²) in [5.41, 5.74) is 0. The molecule has 0 spiro atoms. The van der Waals surface area contributed by atoms with Gasteiger partial charge in [0.1, 0.15) is 0 Å². The minimum atomic E-state index is 0.556. The van der Waals surface area contributed by atoms with E-state index < -0.39 is 0 Å². The molecule has 2 aliphatic rings. The molecule has 0 aliphatic carbocycles. The SMILES string of the molecule is CN1C[C@@H]2C[C@H]1C#[N+]2. The Morgan fingerprint density at radius 1 is 1.75 bits per heavy atom. The average molecular weight is 109 g/mol. The molecule has 2 bridgehead atoms. The van der Waals surface area contributed by atoms with Crippen LogP contribution < -0.4 is 0 Å². The Hall–Kier alpha value is -0.550. The van der Waals surface area contributed by atoms with Gasteiger partial charge in [0, 0.05) is 0 Å². The summed E-state index contributed by atoms with van der Waals surface area (Å²) in [6.07, 6.45) is 1.22. The van der Waals surface area contributed by atoms with Gasteiger partial charge in [-0.25, -0.2) is 0 Å². The van der Waals surface area contributed by atoms with Crippen LogP contribution in [0, 0.1) is 6.07 Å². The smallest absolute Gasteiger partial charge is 0.280 e. The molecule has 0 saturated carbocycles. The molecule has 2 aliphatic heterocycles. The third-order valence-electron chi connectivity index (χ3n) is 1.93. The molecule has 2 heterocycles. The van der Waals surface area contributed by atoms with E-state index in [1.807, 2.05) is 0 Å². The summed E-state index contributed by atoms with van der Waals surface area (Å²) in [7, 11) is 2.13. The lowest BCUT2D eigenvalue weighted by molar-refractivity contribution is 0.359. The molecule has 1 saturated heterocycles. The predicted octanol–water partition coefficient (Wildman–Crippen LogP) is 0.406. The lowest BCUT2D eigenvalue weighted by Crippen LogP contribution is -2.24. The zero-order valence-electron chi connectivity index (χ0n) is 4.96. The largest absolute Gasteiger partial charge is 0.292 e. The van der Waals surface area contributed by atoms with Crippen molar-refractivity contribution < 1.29 is 0 Å².